The van der Waals surface area contributed by atoms with Gasteiger partial charge in [0.15, 0.2) is 0 Å². The summed E-state index contributed by atoms with van der Waals surface area (Å²) in [6.45, 7) is 2.01. The van der Waals surface area contributed by atoms with Gasteiger partial charge in [0, 0.05) is 10.9 Å². The van der Waals surface area contributed by atoms with Crippen molar-refractivity contribution in [3.05, 3.63) is 58.6 Å². The summed E-state index contributed by atoms with van der Waals surface area (Å²) in [6, 6.07) is 13.1. The molecule has 0 aliphatic heterocycles. The zero-order valence-electron chi connectivity index (χ0n) is 10.7. The van der Waals surface area contributed by atoms with Gasteiger partial charge >= 0.3 is 0 Å². The van der Waals surface area contributed by atoms with E-state index in [1.807, 2.05) is 31.2 Å². The molecule has 0 aromatic heterocycles. The highest BCUT2D eigenvalue weighted by Gasteiger charge is 2.06. The minimum Gasteiger partial charge on any atom is -0.823 e. The van der Waals surface area contributed by atoms with Crippen molar-refractivity contribution < 1.29 is 9.84 Å². The van der Waals surface area contributed by atoms with Gasteiger partial charge in [0.1, 0.15) is 5.75 Å². The van der Waals surface area contributed by atoms with Crippen molar-refractivity contribution in [1.82, 2.24) is 0 Å². The molecule has 0 aliphatic rings. The first-order chi connectivity index (χ1) is 9.11. The maximum absolute atomic E-state index is 12.3. The van der Waals surface area contributed by atoms with Crippen LogP contribution in [0.5, 0.6) is 5.75 Å². The van der Waals surface area contributed by atoms with Gasteiger partial charge in [0.2, 0.25) is 0 Å². The van der Waals surface area contributed by atoms with Crippen molar-refractivity contribution in [1.29, 1.82) is 0 Å². The van der Waals surface area contributed by atoms with Gasteiger partial charge in [-0.1, -0.05) is 61.2 Å². The van der Waals surface area contributed by atoms with Crippen molar-refractivity contribution >= 4 is 30.6 Å². The molecule has 0 N–H and O–H groups in total. The quantitative estimate of drug-likeness (QED) is 0.815. The van der Waals surface area contributed by atoms with E-state index in [0.717, 1.165) is 5.30 Å². The van der Waals surface area contributed by atoms with Gasteiger partial charge in [0.05, 0.1) is 12.1 Å². The van der Waals surface area contributed by atoms with Crippen LogP contribution >= 0.6 is 19.8 Å². The number of rotatable bonds is 3. The molecular formula is C15H13ClO2P-. The lowest BCUT2D eigenvalue weighted by Crippen LogP contribution is -2.19. The summed E-state index contributed by atoms with van der Waals surface area (Å²) in [4.78, 5) is 0. The monoisotopic (exact) mass is 291 g/mol. The summed E-state index contributed by atoms with van der Waals surface area (Å²) in [7, 11) is 2.13. The third-order valence-electron chi connectivity index (χ3n) is 2.67. The molecule has 0 aliphatic carbocycles. The molecule has 0 saturated heterocycles. The molecular weight excluding hydrogens is 279 g/mol. The third kappa shape index (κ3) is 3.36. The topological polar surface area (TPSA) is 32.3 Å². The second kappa shape index (κ2) is 6.21. The van der Waals surface area contributed by atoms with Crippen LogP contribution in [0.2, 0.25) is 5.02 Å². The van der Waals surface area contributed by atoms with Crippen LogP contribution in [-0.4, -0.2) is 12.6 Å². The lowest BCUT2D eigenvalue weighted by Gasteiger charge is -2.17. The smallest absolute Gasteiger partial charge is 0.126 e. The van der Waals surface area contributed by atoms with Crippen molar-refractivity contribution in [2.75, 3.05) is 7.11 Å². The second-order valence-corrected chi connectivity index (χ2v) is 5.62. The number of hydrogen-bond donors (Lipinski definition) is 0. The molecule has 0 amide bonds. The molecule has 0 fully saturated rings. The number of hydrogen-bond acceptors (Lipinski definition) is 2. The van der Waals surface area contributed by atoms with E-state index in [1.165, 1.54) is 12.7 Å². The molecule has 0 spiro atoms. The lowest BCUT2D eigenvalue weighted by molar-refractivity contribution is -0.207. The first-order valence-corrected chi connectivity index (χ1v) is 7.04. The highest BCUT2D eigenvalue weighted by Crippen LogP contribution is 2.27. The van der Waals surface area contributed by atoms with E-state index in [0.29, 0.717) is 24.5 Å². The number of methoxy groups -OCH3 is 1. The first kappa shape index (κ1) is 14.1. The van der Waals surface area contributed by atoms with Gasteiger partial charge in [-0.15, -0.1) is 0 Å². The molecule has 0 unspecified atom stereocenters. The molecule has 2 rings (SSSR count). The number of benzene rings is 2. The molecule has 0 radical (unpaired) electrons. The Bertz CT molecular complexity index is 606. The summed E-state index contributed by atoms with van der Waals surface area (Å²) in [5.41, 5.74) is 1.54. The van der Waals surface area contributed by atoms with Crippen molar-refractivity contribution in [2.24, 2.45) is 0 Å². The fourth-order valence-electron chi connectivity index (χ4n) is 1.67. The molecule has 19 heavy (non-hydrogen) atoms. The molecule has 0 atom stereocenters. The average Bonchev–Trinajstić information content (AvgIpc) is 2.40. The number of ether oxygens (including phenoxy) is 1. The minimum absolute atomic E-state index is 0.0636. The molecule has 98 valence electrons. The molecule has 2 aromatic carbocycles. The predicted molar refractivity (Wildman–Crippen MR) is 79.8 cm³/mol. The zero-order valence-corrected chi connectivity index (χ0v) is 12.3. The van der Waals surface area contributed by atoms with Gasteiger partial charge in [0.25, 0.3) is 0 Å². The van der Waals surface area contributed by atoms with Gasteiger partial charge in [-0.3, -0.25) is 0 Å². The van der Waals surface area contributed by atoms with Crippen LogP contribution in [0, 0.1) is 6.92 Å². The van der Waals surface area contributed by atoms with Crippen LogP contribution in [0.15, 0.2) is 42.5 Å². The molecule has 0 saturated carbocycles. The Morgan fingerprint density at radius 3 is 2.47 bits per heavy atom. The second-order valence-electron chi connectivity index (χ2n) is 4.07. The Balaban J connectivity index is 2.44. The lowest BCUT2D eigenvalue weighted by atomic mass is 10.2. The number of halogens is 1. The molecule has 2 aromatic rings. The Hall–Kier alpha value is -1.34. The predicted octanol–water partition coefficient (Wildman–Crippen LogP) is 2.77. The van der Waals surface area contributed by atoms with E-state index < -0.39 is 0 Å². The van der Waals surface area contributed by atoms with Crippen LogP contribution in [0.3, 0.4) is 0 Å². The summed E-state index contributed by atoms with van der Waals surface area (Å²) in [6.07, 6.45) is 0. The SMILES string of the molecule is COc1cccc(Cl)c1C([O-])=Pc1ccc(C)cc1. The molecule has 2 nitrogen and oxygen atoms in total. The first-order valence-electron chi connectivity index (χ1n) is 5.77. The van der Waals surface area contributed by atoms with E-state index in [4.69, 9.17) is 16.3 Å². The standard InChI is InChI=1S/C15H14ClO2P/c1-10-6-8-11(9-7-10)19-15(17)14-12(16)4-3-5-13(14)18-2/h3-9,17H,1-2H3/p-1. The molecule has 0 bridgehead atoms. The van der Waals surface area contributed by atoms with Crippen molar-refractivity contribution in [2.45, 2.75) is 6.92 Å². The Kier molecular flexibility index (Phi) is 4.60. The van der Waals surface area contributed by atoms with Crippen LogP contribution in [0.4, 0.5) is 0 Å². The summed E-state index contributed by atoms with van der Waals surface area (Å²) in [5, 5.41) is 13.7. The highest BCUT2D eigenvalue weighted by molar-refractivity contribution is 7.49. The van der Waals surface area contributed by atoms with Gasteiger partial charge in [-0.25, -0.2) is 0 Å². The minimum atomic E-state index is -0.0636. The van der Waals surface area contributed by atoms with E-state index >= 15 is 0 Å². The zero-order chi connectivity index (χ0) is 13.8. The van der Waals surface area contributed by atoms with Crippen molar-refractivity contribution in [3.8, 4) is 5.75 Å². The van der Waals surface area contributed by atoms with Gasteiger partial charge < -0.3 is 9.84 Å². The van der Waals surface area contributed by atoms with E-state index in [-0.39, 0.29) is 5.48 Å². The van der Waals surface area contributed by atoms with Crippen LogP contribution < -0.4 is 15.1 Å². The fraction of sp³-hybridized carbons (Fsp3) is 0.133. The highest BCUT2D eigenvalue weighted by atomic mass is 35.5. The maximum Gasteiger partial charge on any atom is 0.126 e. The third-order valence-corrected chi connectivity index (χ3v) is 3.97. The van der Waals surface area contributed by atoms with Crippen LogP contribution in [-0.2, 0) is 0 Å². The van der Waals surface area contributed by atoms with E-state index in [2.05, 4.69) is 0 Å². The Morgan fingerprint density at radius 1 is 1.16 bits per heavy atom. The largest absolute Gasteiger partial charge is 0.823 e. The fourth-order valence-corrected chi connectivity index (χ4v) is 2.87. The average molecular weight is 292 g/mol. The van der Waals surface area contributed by atoms with E-state index in [1.54, 1.807) is 18.2 Å². The van der Waals surface area contributed by atoms with Crippen LogP contribution in [0.25, 0.3) is 0 Å². The van der Waals surface area contributed by atoms with Gasteiger partial charge in [-0.2, -0.15) is 0 Å². The summed E-state index contributed by atoms with van der Waals surface area (Å²) >= 11 is 6.09. The summed E-state index contributed by atoms with van der Waals surface area (Å²) < 4.78 is 5.19. The maximum atomic E-state index is 12.3. The number of aryl methyl sites for hydroxylation is 1. The normalized spacial score (nSPS) is 11.5. The van der Waals surface area contributed by atoms with Crippen LogP contribution in [0.1, 0.15) is 11.1 Å². The molecule has 4 heteroatoms. The Morgan fingerprint density at radius 2 is 1.84 bits per heavy atom. The van der Waals surface area contributed by atoms with Crippen molar-refractivity contribution in [3.63, 3.8) is 0 Å². The summed E-state index contributed by atoms with van der Waals surface area (Å²) in [5.74, 6) is 0.511. The van der Waals surface area contributed by atoms with Gasteiger partial charge in [-0.05, 0) is 19.1 Å². The van der Waals surface area contributed by atoms with E-state index in [9.17, 15) is 5.11 Å². The molecule has 0 heterocycles. The Labute approximate surface area is 119 Å².